The van der Waals surface area contributed by atoms with Crippen LogP contribution >= 0.6 is 0 Å². The van der Waals surface area contributed by atoms with Crippen LogP contribution in [-0.4, -0.2) is 0 Å². The molecule has 0 bridgehead atoms. The summed E-state index contributed by atoms with van der Waals surface area (Å²) in [6.45, 7) is 10.3. The molecule has 0 saturated heterocycles. The molecule has 117 valence electrons. The first-order valence-electron chi connectivity index (χ1n) is 7.93. The Morgan fingerprint density at radius 2 is 1.77 bits per heavy atom. The van der Waals surface area contributed by atoms with Gasteiger partial charge in [-0.25, -0.2) is 0 Å². The number of ether oxygens (including phenoxy) is 1. The summed E-state index contributed by atoms with van der Waals surface area (Å²) in [6.07, 6.45) is 0.793. The highest BCUT2D eigenvalue weighted by Crippen LogP contribution is 2.37. The summed E-state index contributed by atoms with van der Waals surface area (Å²) in [4.78, 5) is 0. The predicted molar refractivity (Wildman–Crippen MR) is 90.1 cm³/mol. The van der Waals surface area contributed by atoms with Gasteiger partial charge in [-0.2, -0.15) is 0 Å². The van der Waals surface area contributed by atoms with E-state index in [0.717, 1.165) is 28.9 Å². The number of benzene rings is 2. The maximum Gasteiger partial charge on any atom is 0.182 e. The fourth-order valence-electron chi connectivity index (χ4n) is 2.90. The van der Waals surface area contributed by atoms with E-state index in [2.05, 4.69) is 26.8 Å². The zero-order valence-electron chi connectivity index (χ0n) is 14.1. The summed E-state index contributed by atoms with van der Waals surface area (Å²) in [5.74, 6) is 1.18. The molecular weight excluding hydrogens is 272 g/mol. The molecule has 22 heavy (non-hydrogen) atoms. The van der Waals surface area contributed by atoms with E-state index in [1.54, 1.807) is 6.07 Å². The van der Waals surface area contributed by atoms with Gasteiger partial charge in [0.15, 0.2) is 5.75 Å². The highest BCUT2D eigenvalue weighted by atomic mass is 16.5. The van der Waals surface area contributed by atoms with Crippen LogP contribution in [0.3, 0.4) is 0 Å². The normalized spacial score (nSPS) is 13.9. The predicted octanol–water partition coefficient (Wildman–Crippen LogP) is 5.97. The second kappa shape index (κ2) is 6.43. The van der Waals surface area contributed by atoms with E-state index >= 15 is 0 Å². The van der Waals surface area contributed by atoms with Crippen molar-refractivity contribution in [1.29, 1.82) is 0 Å². The van der Waals surface area contributed by atoms with E-state index in [0.29, 0.717) is 0 Å². The molecule has 0 aromatic heterocycles. The van der Waals surface area contributed by atoms with Crippen LogP contribution in [0.5, 0.6) is 11.5 Å². The van der Waals surface area contributed by atoms with Gasteiger partial charge < -0.3 is 4.74 Å². The summed E-state index contributed by atoms with van der Waals surface area (Å²) in [7, 11) is 0. The van der Waals surface area contributed by atoms with Gasteiger partial charge in [0.2, 0.25) is 0 Å². The fourth-order valence-corrected chi connectivity index (χ4v) is 2.90. The molecule has 0 aliphatic carbocycles. The standard InChI is InChI=1S/C20H25O2/c1-6-20(5,22-17-10-8-7-9-11-17)16-12-15(4)19(14(2)3)18(21)13-16/h7-14H,6H2,1-5H3. The largest absolute Gasteiger partial charge is 0.483 e. The number of para-hydroxylation sites is 1. The van der Waals surface area contributed by atoms with Gasteiger partial charge in [-0.15, -0.1) is 0 Å². The number of hydrogen-bond acceptors (Lipinski definition) is 1. The Hall–Kier alpha value is -1.96. The van der Waals surface area contributed by atoms with Gasteiger partial charge in [-0.1, -0.05) is 45.0 Å². The first-order valence-corrected chi connectivity index (χ1v) is 7.93. The van der Waals surface area contributed by atoms with Crippen molar-refractivity contribution in [3.63, 3.8) is 0 Å². The van der Waals surface area contributed by atoms with Gasteiger partial charge in [-0.3, -0.25) is 5.11 Å². The highest BCUT2D eigenvalue weighted by Gasteiger charge is 2.29. The number of hydrogen-bond donors (Lipinski definition) is 0. The SMILES string of the molecule is CCC(C)(Oc1ccccc1)c1cc(C)c(C(C)C)c([O])c1. The van der Waals surface area contributed by atoms with Crippen LogP contribution in [0, 0.1) is 6.92 Å². The van der Waals surface area contributed by atoms with Crippen LogP contribution < -0.4 is 4.74 Å². The minimum atomic E-state index is -0.499. The van der Waals surface area contributed by atoms with E-state index < -0.39 is 5.60 Å². The van der Waals surface area contributed by atoms with Crippen molar-refractivity contribution in [2.45, 2.75) is 52.6 Å². The molecule has 0 spiro atoms. The molecule has 2 aromatic carbocycles. The molecule has 1 radical (unpaired) electrons. The maximum atomic E-state index is 12.5. The van der Waals surface area contributed by atoms with Crippen LogP contribution in [0.1, 0.15) is 56.7 Å². The molecule has 0 N–H and O–H groups in total. The average Bonchev–Trinajstić information content (AvgIpc) is 2.47. The first-order chi connectivity index (χ1) is 10.4. The Morgan fingerprint density at radius 3 is 2.27 bits per heavy atom. The quantitative estimate of drug-likeness (QED) is 0.668. The third kappa shape index (κ3) is 3.27. The lowest BCUT2D eigenvalue weighted by Gasteiger charge is -2.31. The van der Waals surface area contributed by atoms with Crippen molar-refractivity contribution in [2.75, 3.05) is 0 Å². The third-order valence-electron chi connectivity index (χ3n) is 4.30. The molecule has 0 amide bonds. The summed E-state index contributed by atoms with van der Waals surface area (Å²) in [6, 6.07) is 13.6. The van der Waals surface area contributed by atoms with E-state index in [4.69, 9.17) is 4.74 Å². The highest BCUT2D eigenvalue weighted by molar-refractivity contribution is 5.46. The Morgan fingerprint density at radius 1 is 1.14 bits per heavy atom. The molecule has 0 aliphatic rings. The molecule has 2 heteroatoms. The molecule has 2 rings (SSSR count). The van der Waals surface area contributed by atoms with Crippen LogP contribution in [0.25, 0.3) is 0 Å². The summed E-state index contributed by atoms with van der Waals surface area (Å²) in [5, 5.41) is 12.5. The lowest BCUT2D eigenvalue weighted by molar-refractivity contribution is 0.0821. The minimum absolute atomic E-state index is 0.112. The average molecular weight is 297 g/mol. The smallest absolute Gasteiger partial charge is 0.182 e. The lowest BCUT2D eigenvalue weighted by atomic mass is 9.87. The van der Waals surface area contributed by atoms with E-state index in [1.165, 1.54) is 0 Å². The topological polar surface area (TPSA) is 29.1 Å². The Bertz CT molecular complexity index is 608. The minimum Gasteiger partial charge on any atom is -0.483 e. The Kier molecular flexibility index (Phi) is 4.80. The van der Waals surface area contributed by atoms with E-state index in [1.807, 2.05) is 44.2 Å². The fraction of sp³-hybridized carbons (Fsp3) is 0.400. The van der Waals surface area contributed by atoms with Gasteiger partial charge >= 0.3 is 0 Å². The molecule has 0 heterocycles. The van der Waals surface area contributed by atoms with Crippen LogP contribution in [0.2, 0.25) is 0 Å². The van der Waals surface area contributed by atoms with Crippen molar-refractivity contribution >= 4 is 0 Å². The number of aryl methyl sites for hydroxylation is 1. The van der Waals surface area contributed by atoms with Gasteiger partial charge in [0.05, 0.1) is 0 Å². The van der Waals surface area contributed by atoms with E-state index in [9.17, 15) is 5.11 Å². The molecule has 2 nitrogen and oxygen atoms in total. The molecular formula is C20H25O2. The van der Waals surface area contributed by atoms with Gasteiger partial charge in [0.25, 0.3) is 0 Å². The Labute approximate surface area is 133 Å². The van der Waals surface area contributed by atoms with Gasteiger partial charge in [-0.05, 0) is 55.5 Å². The monoisotopic (exact) mass is 297 g/mol. The first kappa shape index (κ1) is 16.4. The van der Waals surface area contributed by atoms with Crippen LogP contribution in [0.15, 0.2) is 42.5 Å². The van der Waals surface area contributed by atoms with Gasteiger partial charge in [0, 0.05) is 5.56 Å². The molecule has 0 fully saturated rings. The molecule has 1 atom stereocenters. The second-order valence-electron chi connectivity index (χ2n) is 6.36. The molecule has 1 unspecified atom stereocenters. The summed E-state index contributed by atoms with van der Waals surface area (Å²) < 4.78 is 6.21. The van der Waals surface area contributed by atoms with Gasteiger partial charge in [0.1, 0.15) is 11.4 Å². The van der Waals surface area contributed by atoms with Crippen molar-refractivity contribution in [2.24, 2.45) is 0 Å². The second-order valence-corrected chi connectivity index (χ2v) is 6.36. The zero-order chi connectivity index (χ0) is 16.3. The van der Waals surface area contributed by atoms with Crippen molar-refractivity contribution in [1.82, 2.24) is 0 Å². The maximum absolute atomic E-state index is 12.5. The zero-order valence-corrected chi connectivity index (χ0v) is 14.1. The number of rotatable bonds is 5. The van der Waals surface area contributed by atoms with Crippen LogP contribution in [0.4, 0.5) is 0 Å². The van der Waals surface area contributed by atoms with Crippen molar-refractivity contribution in [3.8, 4) is 11.5 Å². The summed E-state index contributed by atoms with van der Waals surface area (Å²) in [5.41, 5.74) is 2.40. The summed E-state index contributed by atoms with van der Waals surface area (Å²) >= 11 is 0. The molecule has 2 aromatic rings. The molecule has 0 aliphatic heterocycles. The van der Waals surface area contributed by atoms with E-state index in [-0.39, 0.29) is 11.7 Å². The lowest BCUT2D eigenvalue weighted by Crippen LogP contribution is -2.28. The Balaban J connectivity index is 2.43. The van der Waals surface area contributed by atoms with Crippen LogP contribution in [-0.2, 0) is 10.7 Å². The third-order valence-corrected chi connectivity index (χ3v) is 4.30. The van der Waals surface area contributed by atoms with Crippen molar-refractivity contribution < 1.29 is 9.84 Å². The van der Waals surface area contributed by atoms with Crippen molar-refractivity contribution in [3.05, 3.63) is 59.2 Å². The molecule has 0 saturated carbocycles.